The van der Waals surface area contributed by atoms with E-state index < -0.39 is 0 Å². The molecule has 5 aromatic heterocycles. The zero-order valence-corrected chi connectivity index (χ0v) is 30.7. The third-order valence-corrected chi connectivity index (χ3v) is 11.5. The van der Waals surface area contributed by atoms with E-state index in [0.29, 0.717) is 34.2 Å². The molecule has 0 bridgehead atoms. The minimum Gasteiger partial charge on any atom is -0.455 e. The molecule has 0 unspecified atom stereocenters. The first kappa shape index (κ1) is 31.2. The Bertz CT molecular complexity index is 3760. The number of hydrogen-bond donors (Lipinski definition) is 0. The van der Waals surface area contributed by atoms with E-state index in [1.807, 2.05) is 78.9 Å². The van der Waals surface area contributed by atoms with Gasteiger partial charge in [-0.25, -0.2) is 15.0 Å². The van der Waals surface area contributed by atoms with Crippen molar-refractivity contribution in [3.63, 3.8) is 0 Å². The second kappa shape index (κ2) is 11.7. The van der Waals surface area contributed by atoms with Gasteiger partial charge in [0.2, 0.25) is 0 Å². The Labute approximate surface area is 329 Å². The first-order chi connectivity index (χ1) is 28.7. The molecule has 7 heteroatoms. The van der Waals surface area contributed by atoms with Gasteiger partial charge in [-0.15, -0.1) is 0 Å². The molecule has 0 atom stereocenters. The summed E-state index contributed by atoms with van der Waals surface area (Å²) >= 11 is 0. The first-order valence-corrected chi connectivity index (χ1v) is 19.3. The van der Waals surface area contributed by atoms with E-state index >= 15 is 0 Å². The van der Waals surface area contributed by atoms with Gasteiger partial charge >= 0.3 is 0 Å². The van der Waals surface area contributed by atoms with E-state index in [9.17, 15) is 0 Å². The largest absolute Gasteiger partial charge is 0.455 e. The Balaban J connectivity index is 1.02. The molecule has 58 heavy (non-hydrogen) atoms. The lowest BCUT2D eigenvalue weighted by Gasteiger charge is -2.09. The second-order valence-electron chi connectivity index (χ2n) is 14.7. The highest BCUT2D eigenvalue weighted by atomic mass is 16.4. The Hall–Kier alpha value is -8.03. The van der Waals surface area contributed by atoms with Crippen LogP contribution in [0.5, 0.6) is 0 Å². The molecule has 0 saturated carbocycles. The summed E-state index contributed by atoms with van der Waals surface area (Å²) in [4.78, 5) is 15.3. The maximum Gasteiger partial charge on any atom is 0.178 e. The Morgan fingerprint density at radius 1 is 0.345 bits per heavy atom. The van der Waals surface area contributed by atoms with Crippen LogP contribution >= 0.6 is 0 Å². The molecule has 0 N–H and O–H groups in total. The van der Waals surface area contributed by atoms with Crippen LogP contribution in [0.3, 0.4) is 0 Å². The van der Waals surface area contributed by atoms with Crippen LogP contribution < -0.4 is 0 Å². The van der Waals surface area contributed by atoms with Crippen LogP contribution in [0.1, 0.15) is 0 Å². The van der Waals surface area contributed by atoms with Gasteiger partial charge in [0.15, 0.2) is 28.6 Å². The average Bonchev–Trinajstić information content (AvgIpc) is 4.05. The van der Waals surface area contributed by atoms with Crippen LogP contribution in [-0.4, -0.2) is 19.5 Å². The fourth-order valence-electron chi connectivity index (χ4n) is 8.89. The summed E-state index contributed by atoms with van der Waals surface area (Å²) in [7, 11) is 0. The number of nitrogens with zero attached hydrogens (tertiary/aromatic N) is 4. The van der Waals surface area contributed by atoms with Crippen molar-refractivity contribution < 1.29 is 13.3 Å². The normalized spacial score (nSPS) is 12.1. The minimum absolute atomic E-state index is 0.525. The maximum absolute atomic E-state index is 6.76. The zero-order chi connectivity index (χ0) is 37.9. The average molecular weight is 745 g/mol. The van der Waals surface area contributed by atoms with Gasteiger partial charge in [0.25, 0.3) is 0 Å². The summed E-state index contributed by atoms with van der Waals surface area (Å²) in [6.07, 6.45) is 0. The summed E-state index contributed by atoms with van der Waals surface area (Å²) in [6.45, 7) is 0. The van der Waals surface area contributed by atoms with Crippen molar-refractivity contribution in [2.75, 3.05) is 0 Å². The molecule has 0 spiro atoms. The number of fused-ring (bicyclic) bond motifs is 13. The van der Waals surface area contributed by atoms with Crippen LogP contribution in [0, 0.1) is 0 Å². The summed E-state index contributed by atoms with van der Waals surface area (Å²) in [5, 5.41) is 8.33. The molecule has 0 fully saturated rings. The van der Waals surface area contributed by atoms with Crippen LogP contribution in [0.4, 0.5) is 0 Å². The molecule has 7 nitrogen and oxygen atoms in total. The molecule has 0 saturated heterocycles. The van der Waals surface area contributed by atoms with Crippen molar-refractivity contribution in [2.24, 2.45) is 0 Å². The molecule has 0 aliphatic carbocycles. The van der Waals surface area contributed by atoms with E-state index in [1.165, 1.54) is 10.8 Å². The minimum atomic E-state index is 0.525. The van der Waals surface area contributed by atoms with E-state index in [2.05, 4.69) is 95.6 Å². The topological polar surface area (TPSA) is 83.0 Å². The van der Waals surface area contributed by atoms with Gasteiger partial charge in [0, 0.05) is 66.0 Å². The molecule has 270 valence electrons. The van der Waals surface area contributed by atoms with Crippen molar-refractivity contribution in [2.45, 2.75) is 0 Å². The van der Waals surface area contributed by atoms with Crippen molar-refractivity contribution in [3.8, 4) is 39.9 Å². The highest BCUT2D eigenvalue weighted by Crippen LogP contribution is 2.43. The summed E-state index contributed by atoms with van der Waals surface area (Å²) in [5.74, 6) is 1.63. The number of furan rings is 3. The van der Waals surface area contributed by atoms with Crippen molar-refractivity contribution >= 4 is 87.6 Å². The fourth-order valence-corrected chi connectivity index (χ4v) is 8.89. The van der Waals surface area contributed by atoms with Crippen molar-refractivity contribution in [1.29, 1.82) is 0 Å². The molecular formula is C51H28N4O3. The Morgan fingerprint density at radius 2 is 0.879 bits per heavy atom. The van der Waals surface area contributed by atoms with Gasteiger partial charge < -0.3 is 17.8 Å². The van der Waals surface area contributed by atoms with Crippen LogP contribution in [0.15, 0.2) is 183 Å². The van der Waals surface area contributed by atoms with Gasteiger partial charge in [-0.2, -0.15) is 0 Å². The summed E-state index contributed by atoms with van der Waals surface area (Å²) < 4.78 is 22.2. The maximum atomic E-state index is 6.76. The Morgan fingerprint density at radius 3 is 1.71 bits per heavy atom. The van der Waals surface area contributed by atoms with Gasteiger partial charge in [-0.1, -0.05) is 109 Å². The molecular weight excluding hydrogens is 717 g/mol. The third kappa shape index (κ3) is 4.41. The molecule has 0 radical (unpaired) electrons. The molecule has 13 rings (SSSR count). The third-order valence-electron chi connectivity index (χ3n) is 11.5. The smallest absolute Gasteiger partial charge is 0.178 e. The molecule has 5 heterocycles. The molecule has 0 aliphatic heterocycles. The zero-order valence-electron chi connectivity index (χ0n) is 30.7. The van der Waals surface area contributed by atoms with Crippen LogP contribution in [0.2, 0.25) is 0 Å². The fraction of sp³-hybridized carbons (Fsp3) is 0. The lowest BCUT2D eigenvalue weighted by atomic mass is 10.0. The number of aromatic nitrogens is 4. The first-order valence-electron chi connectivity index (χ1n) is 19.3. The van der Waals surface area contributed by atoms with E-state index in [1.54, 1.807) is 0 Å². The predicted octanol–water partition coefficient (Wildman–Crippen LogP) is 13.7. The summed E-state index contributed by atoms with van der Waals surface area (Å²) in [5.41, 5.74) is 10.3. The number of benzene rings is 8. The second-order valence-corrected chi connectivity index (χ2v) is 14.7. The van der Waals surface area contributed by atoms with Crippen LogP contribution in [-0.2, 0) is 0 Å². The van der Waals surface area contributed by atoms with E-state index in [4.69, 9.17) is 28.2 Å². The number of para-hydroxylation sites is 4. The highest BCUT2D eigenvalue weighted by molar-refractivity contribution is 6.21. The molecule has 8 aromatic carbocycles. The van der Waals surface area contributed by atoms with Gasteiger partial charge in [-0.3, -0.25) is 0 Å². The molecule has 0 aliphatic rings. The quantitative estimate of drug-likeness (QED) is 0.178. The van der Waals surface area contributed by atoms with Crippen molar-refractivity contribution in [3.05, 3.63) is 170 Å². The number of hydrogen-bond acceptors (Lipinski definition) is 6. The SMILES string of the molecule is c1ccc(-c2nc(-c3cccc4c3oc3ccccc34)nc(-c3cccc4oc5c(ccc6c7ccc(-n8c9ccccc9c9ccccc98)cc7oc65)c34)n2)cc1. The summed E-state index contributed by atoms with van der Waals surface area (Å²) in [6, 6.07) is 58.0. The predicted molar refractivity (Wildman–Crippen MR) is 232 cm³/mol. The van der Waals surface area contributed by atoms with Gasteiger partial charge in [0.05, 0.1) is 16.6 Å². The van der Waals surface area contributed by atoms with Gasteiger partial charge in [-0.05, 0) is 54.6 Å². The lowest BCUT2D eigenvalue weighted by Crippen LogP contribution is -2.00. The number of rotatable bonds is 4. The molecule has 13 aromatic rings. The Kier molecular flexibility index (Phi) is 6.32. The van der Waals surface area contributed by atoms with E-state index in [-0.39, 0.29) is 0 Å². The molecule has 0 amide bonds. The standard InChI is InChI=1S/C51H28N4O3/c1-2-12-29(13-3-1)49-52-50(54-51(53-49)39-19-10-17-35-33-16-6-9-22-42(33)56-46(35)39)38-18-11-23-43-45(38)37-27-26-36-34-25-24-30(28-44(34)58-47(36)48(37)57-43)55-40-20-7-4-14-31(40)32-15-5-8-21-41(32)55/h1-28H. The monoisotopic (exact) mass is 744 g/mol. The van der Waals surface area contributed by atoms with Crippen LogP contribution in [0.25, 0.3) is 127 Å². The van der Waals surface area contributed by atoms with Gasteiger partial charge in [0.1, 0.15) is 22.3 Å². The lowest BCUT2D eigenvalue weighted by molar-refractivity contribution is 0.633. The van der Waals surface area contributed by atoms with E-state index in [0.717, 1.165) is 82.5 Å². The van der Waals surface area contributed by atoms with Crippen molar-refractivity contribution in [1.82, 2.24) is 19.5 Å². The highest BCUT2D eigenvalue weighted by Gasteiger charge is 2.23.